The van der Waals surface area contributed by atoms with E-state index in [1.165, 1.54) is 6.20 Å². The molecule has 0 fully saturated rings. The molecule has 0 aliphatic heterocycles. The number of rotatable bonds is 6. The van der Waals surface area contributed by atoms with Crippen molar-refractivity contribution >= 4 is 17.5 Å². The molecule has 0 aromatic carbocycles. The molecule has 100 valence electrons. The highest BCUT2D eigenvalue weighted by Gasteiger charge is 2.21. The fourth-order valence-electron chi connectivity index (χ4n) is 1.96. The van der Waals surface area contributed by atoms with Crippen LogP contribution in [0.25, 0.3) is 0 Å². The number of amides is 1. The minimum Gasteiger partial charge on any atom is -0.395 e. The van der Waals surface area contributed by atoms with Gasteiger partial charge in [0.15, 0.2) is 0 Å². The standard InChI is InChI=1S/C13H19ClN2O2/c1-3-11(4-2)16(7-8-17)13(18)10-5-6-12(14)15-9-10/h5-6,9,11,17H,3-4,7-8H2,1-2H3. The lowest BCUT2D eigenvalue weighted by atomic mass is 10.1. The van der Waals surface area contributed by atoms with Crippen molar-refractivity contribution in [2.75, 3.05) is 13.2 Å². The molecule has 0 saturated carbocycles. The van der Waals surface area contributed by atoms with Crippen LogP contribution in [0.2, 0.25) is 5.15 Å². The Morgan fingerprint density at radius 3 is 2.56 bits per heavy atom. The molecule has 1 aromatic heterocycles. The minimum absolute atomic E-state index is 0.0384. The van der Waals surface area contributed by atoms with Crippen LogP contribution >= 0.6 is 11.6 Å². The Hall–Kier alpha value is -1.13. The summed E-state index contributed by atoms with van der Waals surface area (Å²) in [5, 5.41) is 9.45. The Bertz CT molecular complexity index is 377. The maximum absolute atomic E-state index is 12.3. The molecule has 1 heterocycles. The smallest absolute Gasteiger partial charge is 0.255 e. The number of aromatic nitrogens is 1. The minimum atomic E-state index is -0.109. The van der Waals surface area contributed by atoms with Crippen LogP contribution in [0.4, 0.5) is 0 Å². The molecule has 0 aliphatic carbocycles. The van der Waals surface area contributed by atoms with Crippen LogP contribution in [0.1, 0.15) is 37.0 Å². The summed E-state index contributed by atoms with van der Waals surface area (Å²) in [5.74, 6) is -0.109. The molecular formula is C13H19ClN2O2. The Kier molecular flexibility index (Phi) is 6.09. The zero-order valence-corrected chi connectivity index (χ0v) is 11.5. The summed E-state index contributed by atoms with van der Waals surface area (Å²) in [7, 11) is 0. The van der Waals surface area contributed by atoms with E-state index in [1.54, 1.807) is 17.0 Å². The Labute approximate surface area is 113 Å². The van der Waals surface area contributed by atoms with Crippen LogP contribution in [0, 0.1) is 0 Å². The van der Waals surface area contributed by atoms with E-state index in [2.05, 4.69) is 4.98 Å². The lowest BCUT2D eigenvalue weighted by molar-refractivity contribution is 0.0622. The molecule has 0 saturated heterocycles. The number of halogens is 1. The van der Waals surface area contributed by atoms with Gasteiger partial charge < -0.3 is 10.0 Å². The van der Waals surface area contributed by atoms with E-state index < -0.39 is 0 Å². The van der Waals surface area contributed by atoms with Gasteiger partial charge in [0.05, 0.1) is 12.2 Å². The second-order valence-corrected chi connectivity index (χ2v) is 4.45. The van der Waals surface area contributed by atoms with Crippen molar-refractivity contribution in [2.24, 2.45) is 0 Å². The third-order valence-corrected chi connectivity index (χ3v) is 3.18. The number of hydrogen-bond donors (Lipinski definition) is 1. The molecule has 0 aliphatic rings. The topological polar surface area (TPSA) is 53.4 Å². The van der Waals surface area contributed by atoms with Crippen LogP contribution in [0.3, 0.4) is 0 Å². The van der Waals surface area contributed by atoms with Gasteiger partial charge in [0, 0.05) is 18.8 Å². The lowest BCUT2D eigenvalue weighted by Crippen LogP contribution is -2.41. The molecule has 4 nitrogen and oxygen atoms in total. The molecule has 0 atom stereocenters. The Morgan fingerprint density at radius 1 is 1.44 bits per heavy atom. The van der Waals surface area contributed by atoms with Crippen molar-refractivity contribution in [1.29, 1.82) is 0 Å². The monoisotopic (exact) mass is 270 g/mol. The molecule has 1 N–H and O–H groups in total. The largest absolute Gasteiger partial charge is 0.395 e. The van der Waals surface area contributed by atoms with E-state index in [4.69, 9.17) is 16.7 Å². The summed E-state index contributed by atoms with van der Waals surface area (Å²) in [6.45, 7) is 4.37. The molecule has 5 heteroatoms. The first-order valence-electron chi connectivity index (χ1n) is 6.17. The van der Waals surface area contributed by atoms with E-state index in [9.17, 15) is 4.79 Å². The molecule has 0 bridgehead atoms. The molecule has 1 rings (SSSR count). The van der Waals surface area contributed by atoms with Crippen molar-refractivity contribution in [3.8, 4) is 0 Å². The van der Waals surface area contributed by atoms with Crippen LogP contribution in [0.5, 0.6) is 0 Å². The van der Waals surface area contributed by atoms with Gasteiger partial charge in [-0.1, -0.05) is 25.4 Å². The van der Waals surface area contributed by atoms with Crippen molar-refractivity contribution in [3.63, 3.8) is 0 Å². The maximum Gasteiger partial charge on any atom is 0.255 e. The summed E-state index contributed by atoms with van der Waals surface area (Å²) in [4.78, 5) is 17.9. The first-order chi connectivity index (χ1) is 8.63. The Balaban J connectivity index is 2.91. The number of carbonyl (C=O) groups is 1. The molecule has 0 radical (unpaired) electrons. The van der Waals surface area contributed by atoms with Crippen LogP contribution in [-0.2, 0) is 0 Å². The van der Waals surface area contributed by atoms with Gasteiger partial charge in [-0.15, -0.1) is 0 Å². The van der Waals surface area contributed by atoms with E-state index in [-0.39, 0.29) is 18.6 Å². The second kappa shape index (κ2) is 7.34. The third-order valence-electron chi connectivity index (χ3n) is 2.96. The van der Waals surface area contributed by atoms with Crippen LogP contribution in [0.15, 0.2) is 18.3 Å². The van der Waals surface area contributed by atoms with Crippen LogP contribution < -0.4 is 0 Å². The van der Waals surface area contributed by atoms with E-state index in [0.717, 1.165) is 12.8 Å². The zero-order chi connectivity index (χ0) is 13.5. The highest BCUT2D eigenvalue weighted by atomic mass is 35.5. The fourth-order valence-corrected chi connectivity index (χ4v) is 2.07. The first-order valence-corrected chi connectivity index (χ1v) is 6.55. The van der Waals surface area contributed by atoms with Gasteiger partial charge in [-0.05, 0) is 25.0 Å². The third kappa shape index (κ3) is 3.68. The number of aliphatic hydroxyl groups is 1. The number of pyridine rings is 1. The number of hydrogen-bond acceptors (Lipinski definition) is 3. The fraction of sp³-hybridized carbons (Fsp3) is 0.538. The molecule has 1 amide bonds. The highest BCUT2D eigenvalue weighted by molar-refractivity contribution is 6.29. The number of nitrogens with zero attached hydrogens (tertiary/aromatic N) is 2. The normalized spacial score (nSPS) is 10.7. The summed E-state index contributed by atoms with van der Waals surface area (Å²) < 4.78 is 0. The summed E-state index contributed by atoms with van der Waals surface area (Å²) in [6, 6.07) is 3.39. The quantitative estimate of drug-likeness (QED) is 0.808. The van der Waals surface area contributed by atoms with Gasteiger partial charge in [-0.2, -0.15) is 0 Å². The van der Waals surface area contributed by atoms with Gasteiger partial charge in [-0.3, -0.25) is 4.79 Å². The summed E-state index contributed by atoms with van der Waals surface area (Å²) in [6.07, 6.45) is 3.20. The van der Waals surface area contributed by atoms with Crippen LogP contribution in [-0.4, -0.2) is 40.1 Å². The average Bonchev–Trinajstić information content (AvgIpc) is 2.39. The summed E-state index contributed by atoms with van der Waals surface area (Å²) in [5.41, 5.74) is 0.500. The molecular weight excluding hydrogens is 252 g/mol. The molecule has 18 heavy (non-hydrogen) atoms. The van der Waals surface area contributed by atoms with Crippen molar-refractivity contribution < 1.29 is 9.90 Å². The van der Waals surface area contributed by atoms with E-state index in [1.807, 2.05) is 13.8 Å². The number of carbonyl (C=O) groups excluding carboxylic acids is 1. The summed E-state index contributed by atoms with van der Waals surface area (Å²) >= 11 is 5.70. The van der Waals surface area contributed by atoms with Gasteiger partial charge in [-0.25, -0.2) is 4.98 Å². The maximum atomic E-state index is 12.3. The molecule has 0 spiro atoms. The van der Waals surface area contributed by atoms with Gasteiger partial charge in [0.1, 0.15) is 5.15 Å². The van der Waals surface area contributed by atoms with Gasteiger partial charge >= 0.3 is 0 Å². The predicted molar refractivity (Wildman–Crippen MR) is 71.7 cm³/mol. The average molecular weight is 271 g/mol. The molecule has 0 unspecified atom stereocenters. The van der Waals surface area contributed by atoms with E-state index in [0.29, 0.717) is 17.3 Å². The zero-order valence-electron chi connectivity index (χ0n) is 10.8. The Morgan fingerprint density at radius 2 is 2.11 bits per heavy atom. The highest BCUT2D eigenvalue weighted by Crippen LogP contribution is 2.14. The van der Waals surface area contributed by atoms with Crippen molar-refractivity contribution in [3.05, 3.63) is 29.0 Å². The van der Waals surface area contributed by atoms with Gasteiger partial charge in [0.25, 0.3) is 5.91 Å². The van der Waals surface area contributed by atoms with E-state index >= 15 is 0 Å². The van der Waals surface area contributed by atoms with Crippen molar-refractivity contribution in [2.45, 2.75) is 32.7 Å². The SMILES string of the molecule is CCC(CC)N(CCO)C(=O)c1ccc(Cl)nc1. The second-order valence-electron chi connectivity index (χ2n) is 4.06. The van der Waals surface area contributed by atoms with Gasteiger partial charge in [0.2, 0.25) is 0 Å². The predicted octanol–water partition coefficient (Wildman–Crippen LogP) is 2.36. The first kappa shape index (κ1) is 14.9. The lowest BCUT2D eigenvalue weighted by Gasteiger charge is -2.30. The van der Waals surface area contributed by atoms with Crippen molar-refractivity contribution in [1.82, 2.24) is 9.88 Å². The molecule has 1 aromatic rings. The number of aliphatic hydroxyl groups excluding tert-OH is 1.